The fraction of sp³-hybridized carbons (Fsp3) is 0.533. The maximum atomic E-state index is 11.1. The monoisotopic (exact) mass is 246 g/mol. The summed E-state index contributed by atoms with van der Waals surface area (Å²) in [7, 11) is 2.06. The van der Waals surface area contributed by atoms with Gasteiger partial charge in [0.25, 0.3) is 0 Å². The van der Waals surface area contributed by atoms with Crippen molar-refractivity contribution in [2.75, 3.05) is 38.1 Å². The van der Waals surface area contributed by atoms with Crippen LogP contribution in [-0.2, 0) is 0 Å². The largest absolute Gasteiger partial charge is 0.373 e. The van der Waals surface area contributed by atoms with Crippen molar-refractivity contribution in [3.05, 3.63) is 29.3 Å². The minimum atomic E-state index is 0.791. The second kappa shape index (κ2) is 6.01. The van der Waals surface area contributed by atoms with Crippen LogP contribution in [0.25, 0.3) is 0 Å². The topological polar surface area (TPSA) is 23.6 Å². The fourth-order valence-electron chi connectivity index (χ4n) is 2.53. The smallest absolute Gasteiger partial charge is 0.152 e. The number of aldehydes is 1. The predicted molar refractivity (Wildman–Crippen MR) is 75.5 cm³/mol. The van der Waals surface area contributed by atoms with Crippen LogP contribution in [-0.4, -0.2) is 44.4 Å². The number of anilines is 1. The highest BCUT2D eigenvalue weighted by Crippen LogP contribution is 2.19. The lowest BCUT2D eigenvalue weighted by molar-refractivity contribution is 0.112. The van der Waals surface area contributed by atoms with E-state index in [1.165, 1.54) is 25.9 Å². The number of likely N-dealkylation sites (tertiary alicyclic amines) is 1. The Balaban J connectivity index is 1.98. The van der Waals surface area contributed by atoms with E-state index in [1.54, 1.807) is 0 Å². The molecule has 2 rings (SSSR count). The van der Waals surface area contributed by atoms with Crippen LogP contribution in [0.15, 0.2) is 18.2 Å². The molecule has 1 aliphatic heterocycles. The average Bonchev–Trinajstić information content (AvgIpc) is 2.88. The summed E-state index contributed by atoms with van der Waals surface area (Å²) in [6.07, 6.45) is 3.61. The van der Waals surface area contributed by atoms with Crippen LogP contribution in [0.3, 0.4) is 0 Å². The lowest BCUT2D eigenvalue weighted by atomic mass is 10.1. The first-order valence-corrected chi connectivity index (χ1v) is 6.70. The van der Waals surface area contributed by atoms with Crippen molar-refractivity contribution < 1.29 is 4.79 Å². The summed E-state index contributed by atoms with van der Waals surface area (Å²) >= 11 is 0. The highest BCUT2D eigenvalue weighted by atomic mass is 16.1. The van der Waals surface area contributed by atoms with E-state index in [-0.39, 0.29) is 0 Å². The van der Waals surface area contributed by atoms with Crippen LogP contribution in [0.1, 0.15) is 28.8 Å². The van der Waals surface area contributed by atoms with Gasteiger partial charge in [0.1, 0.15) is 0 Å². The van der Waals surface area contributed by atoms with E-state index in [0.717, 1.165) is 36.2 Å². The predicted octanol–water partition coefficient (Wildman–Crippen LogP) is 2.34. The second-order valence-corrected chi connectivity index (χ2v) is 5.15. The Morgan fingerprint density at radius 3 is 2.72 bits per heavy atom. The van der Waals surface area contributed by atoms with Gasteiger partial charge in [0.2, 0.25) is 0 Å². The maximum absolute atomic E-state index is 11.1. The molecule has 0 saturated carbocycles. The van der Waals surface area contributed by atoms with E-state index in [9.17, 15) is 4.79 Å². The Bertz CT molecular complexity index is 411. The van der Waals surface area contributed by atoms with E-state index in [4.69, 9.17) is 0 Å². The fourth-order valence-corrected chi connectivity index (χ4v) is 2.53. The van der Waals surface area contributed by atoms with Gasteiger partial charge in [-0.05, 0) is 45.0 Å². The average molecular weight is 246 g/mol. The minimum absolute atomic E-state index is 0.791. The van der Waals surface area contributed by atoms with Crippen molar-refractivity contribution in [1.29, 1.82) is 0 Å². The quantitative estimate of drug-likeness (QED) is 0.745. The molecule has 0 aromatic heterocycles. The van der Waals surface area contributed by atoms with Gasteiger partial charge in [-0.1, -0.05) is 11.6 Å². The number of benzene rings is 1. The Hall–Kier alpha value is -1.35. The number of carbonyl (C=O) groups excluding carboxylic acids is 1. The molecule has 0 aliphatic carbocycles. The highest BCUT2D eigenvalue weighted by molar-refractivity contribution is 5.84. The molecule has 1 heterocycles. The zero-order valence-corrected chi connectivity index (χ0v) is 11.4. The molecule has 0 bridgehead atoms. The first-order chi connectivity index (χ1) is 8.70. The molecule has 0 radical (unpaired) electrons. The molecule has 1 saturated heterocycles. The van der Waals surface area contributed by atoms with Gasteiger partial charge >= 0.3 is 0 Å². The van der Waals surface area contributed by atoms with E-state index in [0.29, 0.717) is 0 Å². The van der Waals surface area contributed by atoms with E-state index < -0.39 is 0 Å². The lowest BCUT2D eigenvalue weighted by Gasteiger charge is -2.24. The number of hydrogen-bond donors (Lipinski definition) is 0. The van der Waals surface area contributed by atoms with Crippen LogP contribution >= 0.6 is 0 Å². The zero-order valence-electron chi connectivity index (χ0n) is 11.4. The van der Waals surface area contributed by atoms with Gasteiger partial charge < -0.3 is 9.80 Å². The van der Waals surface area contributed by atoms with Gasteiger partial charge in [0.05, 0.1) is 0 Å². The third kappa shape index (κ3) is 3.10. The van der Waals surface area contributed by atoms with Gasteiger partial charge in [-0.15, -0.1) is 0 Å². The number of likely N-dealkylation sites (N-methyl/N-ethyl adjacent to an activating group) is 1. The van der Waals surface area contributed by atoms with E-state index in [2.05, 4.69) is 22.9 Å². The molecule has 3 nitrogen and oxygen atoms in total. The third-order valence-corrected chi connectivity index (χ3v) is 3.67. The maximum Gasteiger partial charge on any atom is 0.152 e. The lowest BCUT2D eigenvalue weighted by Crippen LogP contribution is -2.31. The van der Waals surface area contributed by atoms with Crippen molar-refractivity contribution in [1.82, 2.24) is 4.90 Å². The second-order valence-electron chi connectivity index (χ2n) is 5.15. The molecule has 0 amide bonds. The van der Waals surface area contributed by atoms with E-state index in [1.807, 2.05) is 19.1 Å². The number of rotatable bonds is 5. The van der Waals surface area contributed by atoms with Gasteiger partial charge in [-0.3, -0.25) is 4.79 Å². The van der Waals surface area contributed by atoms with Gasteiger partial charge in [0.15, 0.2) is 6.29 Å². The van der Waals surface area contributed by atoms with Crippen LogP contribution in [0, 0.1) is 6.92 Å². The molecule has 98 valence electrons. The van der Waals surface area contributed by atoms with Crippen molar-refractivity contribution in [3.8, 4) is 0 Å². The van der Waals surface area contributed by atoms with Crippen LogP contribution in [0.2, 0.25) is 0 Å². The molecule has 0 spiro atoms. The minimum Gasteiger partial charge on any atom is -0.373 e. The summed E-state index contributed by atoms with van der Waals surface area (Å²) in [5.74, 6) is 0. The van der Waals surface area contributed by atoms with Crippen LogP contribution < -0.4 is 4.90 Å². The Morgan fingerprint density at radius 1 is 1.33 bits per heavy atom. The number of aryl methyl sites for hydroxylation is 1. The first-order valence-electron chi connectivity index (χ1n) is 6.70. The molecule has 1 fully saturated rings. The molecule has 0 N–H and O–H groups in total. The van der Waals surface area contributed by atoms with Gasteiger partial charge in [-0.2, -0.15) is 0 Å². The molecule has 3 heteroatoms. The van der Waals surface area contributed by atoms with Crippen LogP contribution in [0.5, 0.6) is 0 Å². The molecule has 1 aromatic rings. The number of nitrogens with zero attached hydrogens (tertiary/aromatic N) is 2. The summed E-state index contributed by atoms with van der Waals surface area (Å²) < 4.78 is 0. The van der Waals surface area contributed by atoms with Crippen molar-refractivity contribution >= 4 is 12.0 Å². The summed E-state index contributed by atoms with van der Waals surface area (Å²) in [5.41, 5.74) is 2.96. The molecular weight excluding hydrogens is 224 g/mol. The van der Waals surface area contributed by atoms with Crippen molar-refractivity contribution in [2.24, 2.45) is 0 Å². The summed E-state index contributed by atoms with van der Waals surface area (Å²) in [6, 6.07) is 6.06. The zero-order chi connectivity index (χ0) is 13.0. The SMILES string of the molecule is Cc1ccc(N(C)CCN2CCCC2)c(C=O)c1. The molecular formula is C15H22N2O. The molecule has 0 unspecified atom stereocenters. The van der Waals surface area contributed by atoms with Gasteiger partial charge in [-0.25, -0.2) is 0 Å². The summed E-state index contributed by atoms with van der Waals surface area (Å²) in [4.78, 5) is 15.8. The highest BCUT2D eigenvalue weighted by Gasteiger charge is 2.13. The Morgan fingerprint density at radius 2 is 2.06 bits per heavy atom. The molecule has 0 atom stereocenters. The van der Waals surface area contributed by atoms with Crippen molar-refractivity contribution in [2.45, 2.75) is 19.8 Å². The standard InChI is InChI=1S/C15H22N2O/c1-13-5-6-15(14(11-13)12-18)16(2)9-10-17-7-3-4-8-17/h5-6,11-12H,3-4,7-10H2,1-2H3. The number of hydrogen-bond acceptors (Lipinski definition) is 3. The Labute approximate surface area is 109 Å². The molecule has 18 heavy (non-hydrogen) atoms. The normalized spacial score (nSPS) is 15.9. The first kappa shape index (κ1) is 13.1. The molecule has 1 aliphatic rings. The van der Waals surface area contributed by atoms with Crippen LogP contribution in [0.4, 0.5) is 5.69 Å². The summed E-state index contributed by atoms with van der Waals surface area (Å²) in [5, 5.41) is 0. The molecule has 1 aromatic carbocycles. The summed E-state index contributed by atoms with van der Waals surface area (Å²) in [6.45, 7) is 6.53. The van der Waals surface area contributed by atoms with Gasteiger partial charge in [0, 0.05) is 31.4 Å². The Kier molecular flexibility index (Phi) is 4.37. The number of carbonyl (C=O) groups is 1. The van der Waals surface area contributed by atoms with E-state index >= 15 is 0 Å². The van der Waals surface area contributed by atoms with Crippen molar-refractivity contribution in [3.63, 3.8) is 0 Å². The third-order valence-electron chi connectivity index (χ3n) is 3.67.